The van der Waals surface area contributed by atoms with E-state index < -0.39 is 22.6 Å². The molecule has 2 aliphatic heterocycles. The number of hydrazone groups is 1. The molecule has 0 saturated carbocycles. The quantitative estimate of drug-likeness (QED) is 0.357. The molecule has 0 aromatic heterocycles. The van der Waals surface area contributed by atoms with Gasteiger partial charge in [-0.3, -0.25) is 9.80 Å². The number of anilines is 1. The van der Waals surface area contributed by atoms with E-state index in [0.717, 1.165) is 18.1 Å². The van der Waals surface area contributed by atoms with E-state index in [1.165, 1.54) is 0 Å². The van der Waals surface area contributed by atoms with Crippen molar-refractivity contribution >= 4 is 64.0 Å². The van der Waals surface area contributed by atoms with Gasteiger partial charge in [-0.25, -0.2) is 14.4 Å². The molecule has 194 valence electrons. The second-order valence-electron chi connectivity index (χ2n) is 8.68. The van der Waals surface area contributed by atoms with Gasteiger partial charge in [0.25, 0.3) is 0 Å². The first-order chi connectivity index (χ1) is 17.7. The molecule has 12 heteroatoms. The van der Waals surface area contributed by atoms with E-state index in [-0.39, 0.29) is 18.2 Å². The molecular weight excluding hydrogens is 543 g/mol. The summed E-state index contributed by atoms with van der Waals surface area (Å²) in [5, 5.41) is 16.5. The topological polar surface area (TPSA) is 108 Å². The Kier molecular flexibility index (Phi) is 8.39. The number of halogens is 3. The Morgan fingerprint density at radius 2 is 1.68 bits per heavy atom. The Bertz CT molecular complexity index is 1260. The number of carbonyl (C=O) groups is 3. The fourth-order valence-corrected chi connectivity index (χ4v) is 4.94. The number of nitrogens with one attached hydrogen (secondary N) is 1. The molecule has 2 aliphatic rings. The third-order valence-corrected chi connectivity index (χ3v) is 6.84. The second-order valence-corrected chi connectivity index (χ2v) is 9.96. The van der Waals surface area contributed by atoms with Gasteiger partial charge in [-0.1, -0.05) is 46.9 Å². The fraction of sp³-hybridized carbons (Fsp3) is 0.280. The van der Waals surface area contributed by atoms with Crippen LogP contribution in [0.4, 0.5) is 5.69 Å². The lowest BCUT2D eigenvalue weighted by Crippen LogP contribution is -2.64. The normalized spacial score (nSPS) is 18.9. The largest absolute Gasteiger partial charge is 0.478 e. The number of quaternary nitrogens is 1. The molecule has 2 aromatic rings. The molecule has 0 aliphatic carbocycles. The van der Waals surface area contributed by atoms with E-state index in [0.29, 0.717) is 52.8 Å². The van der Waals surface area contributed by atoms with Crippen LogP contribution in [0.15, 0.2) is 59.7 Å². The van der Waals surface area contributed by atoms with Gasteiger partial charge < -0.3 is 5.11 Å². The summed E-state index contributed by atoms with van der Waals surface area (Å²) in [6, 6.07) is 11.9. The molecule has 2 N–H and O–H groups in total. The molecule has 1 fully saturated rings. The third-order valence-electron chi connectivity index (χ3n) is 6.05. The monoisotopic (exact) mass is 565 g/mol. The predicted octanol–water partition coefficient (Wildman–Crippen LogP) is 5.09. The lowest BCUT2D eigenvalue weighted by molar-refractivity contribution is -1.12. The van der Waals surface area contributed by atoms with Gasteiger partial charge in [-0.2, -0.15) is 10.5 Å². The van der Waals surface area contributed by atoms with Crippen LogP contribution in [0.25, 0.3) is 0 Å². The molecule has 4 rings (SSSR count). The summed E-state index contributed by atoms with van der Waals surface area (Å²) >= 11 is 18.6. The van der Waals surface area contributed by atoms with Gasteiger partial charge in [0, 0.05) is 41.5 Å². The molecular formula is C25H24Cl3N4O5+. The minimum Gasteiger partial charge on any atom is -0.478 e. The van der Waals surface area contributed by atoms with E-state index in [1.807, 2.05) is 12.1 Å². The van der Waals surface area contributed by atoms with Crippen molar-refractivity contribution < 1.29 is 29.1 Å². The van der Waals surface area contributed by atoms with Crippen LogP contribution in [0.2, 0.25) is 15.1 Å². The smallest absolute Gasteiger partial charge is 0.394 e. The van der Waals surface area contributed by atoms with Crippen molar-refractivity contribution in [2.75, 3.05) is 18.1 Å². The van der Waals surface area contributed by atoms with Gasteiger partial charge in [0.2, 0.25) is 0 Å². The zero-order chi connectivity index (χ0) is 26.6. The lowest BCUT2D eigenvalue weighted by atomic mass is 10.0. The highest BCUT2D eigenvalue weighted by Crippen LogP contribution is 2.40. The summed E-state index contributed by atoms with van der Waals surface area (Å²) in [6.45, 7) is 0.692. The first kappa shape index (κ1) is 26.9. The van der Waals surface area contributed by atoms with Crippen LogP contribution in [0, 0.1) is 0 Å². The van der Waals surface area contributed by atoms with Crippen molar-refractivity contribution in [2.24, 2.45) is 5.10 Å². The number of carboxylic acids is 1. The average molecular weight is 567 g/mol. The number of rotatable bonds is 7. The molecule has 1 atom stereocenters. The van der Waals surface area contributed by atoms with Gasteiger partial charge >= 0.3 is 17.8 Å². The van der Waals surface area contributed by atoms with Crippen LogP contribution in [0.1, 0.15) is 37.3 Å². The van der Waals surface area contributed by atoms with Gasteiger partial charge in [-0.05, 0) is 47.1 Å². The Hall–Kier alpha value is -3.11. The number of hydrogen-bond acceptors (Lipinski definition) is 6. The summed E-state index contributed by atoms with van der Waals surface area (Å²) in [4.78, 5) is 42.0. The minimum atomic E-state index is -1.28. The van der Waals surface area contributed by atoms with Crippen LogP contribution in [0.5, 0.6) is 0 Å². The third kappa shape index (κ3) is 6.61. The van der Waals surface area contributed by atoms with Crippen molar-refractivity contribution in [1.29, 1.82) is 0 Å². The highest BCUT2D eigenvalue weighted by molar-refractivity contribution is 6.40. The summed E-state index contributed by atoms with van der Waals surface area (Å²) < 4.78 is -0.450. The number of nitrogens with zero attached hydrogens (tertiary/aromatic N) is 3. The van der Waals surface area contributed by atoms with Gasteiger partial charge in [0.15, 0.2) is 0 Å². The Morgan fingerprint density at radius 1 is 1.00 bits per heavy atom. The number of hydrogen-bond donors (Lipinski definition) is 2. The van der Waals surface area contributed by atoms with E-state index in [1.54, 1.807) is 35.3 Å². The van der Waals surface area contributed by atoms with Gasteiger partial charge in [-0.15, -0.1) is 0 Å². The van der Waals surface area contributed by atoms with Crippen molar-refractivity contribution in [1.82, 2.24) is 5.43 Å². The summed E-state index contributed by atoms with van der Waals surface area (Å²) in [5.41, 5.74) is 4.47. The molecule has 37 heavy (non-hydrogen) atoms. The van der Waals surface area contributed by atoms with Crippen molar-refractivity contribution in [3.8, 4) is 0 Å². The molecule has 0 radical (unpaired) electrons. The van der Waals surface area contributed by atoms with Gasteiger partial charge in [0.05, 0.1) is 16.8 Å². The van der Waals surface area contributed by atoms with E-state index >= 15 is 0 Å². The average Bonchev–Trinajstić information content (AvgIpc) is 3.29. The fourth-order valence-electron chi connectivity index (χ4n) is 4.32. The summed E-state index contributed by atoms with van der Waals surface area (Å²) in [5.74, 6) is -2.66. The highest BCUT2D eigenvalue weighted by Gasteiger charge is 2.41. The lowest BCUT2D eigenvalue weighted by Gasteiger charge is -2.35. The number of amides is 1. The molecule has 0 spiro atoms. The molecule has 1 amide bonds. The first-order valence-corrected chi connectivity index (χ1v) is 12.7. The van der Waals surface area contributed by atoms with Crippen molar-refractivity contribution in [3.63, 3.8) is 0 Å². The summed E-state index contributed by atoms with van der Waals surface area (Å²) in [7, 11) is 0. The number of hydroxylamine groups is 2. The van der Waals surface area contributed by atoms with Crippen molar-refractivity contribution in [2.45, 2.75) is 31.7 Å². The van der Waals surface area contributed by atoms with Gasteiger partial charge in [0.1, 0.15) is 18.8 Å². The standard InChI is InChI=1S/C25H23Cl3N4O5/c26-17-6-4-16(5-7-17)22-15-20(29-31(22)21-9-8-18(27)14-19(21)28)25(36)30-32(12-2-1-3-13-32)37-24(35)11-10-23(33)34/h4-11,14,22H,1-3,12-13,15H2,(H-,30,33,34,36)/p+1/t22-/m1/s1. The molecule has 1 saturated heterocycles. The van der Waals surface area contributed by atoms with E-state index in [4.69, 9.17) is 44.7 Å². The minimum absolute atomic E-state index is 0.214. The maximum absolute atomic E-state index is 13.5. The second kappa shape index (κ2) is 11.5. The summed E-state index contributed by atoms with van der Waals surface area (Å²) in [6.07, 6.45) is 4.10. The SMILES string of the molecule is O=C(O)C=CC(=O)O[N+]1(NC(=O)C2=NN(c3ccc(Cl)cc3Cl)[C@@H](c3ccc(Cl)cc3)C2)CCCCC1. The molecule has 9 nitrogen and oxygen atoms in total. The molecule has 0 unspecified atom stereocenters. The van der Waals surface area contributed by atoms with E-state index in [9.17, 15) is 14.4 Å². The number of piperidine rings is 1. The van der Waals surface area contributed by atoms with Crippen LogP contribution in [-0.4, -0.2) is 46.5 Å². The van der Waals surface area contributed by atoms with Crippen LogP contribution < -0.4 is 10.4 Å². The Balaban J connectivity index is 1.62. The highest BCUT2D eigenvalue weighted by atomic mass is 35.5. The van der Waals surface area contributed by atoms with E-state index in [2.05, 4.69) is 10.5 Å². The Labute approximate surface area is 228 Å². The predicted molar refractivity (Wildman–Crippen MR) is 140 cm³/mol. The van der Waals surface area contributed by atoms with Crippen LogP contribution >= 0.6 is 34.8 Å². The Morgan fingerprint density at radius 3 is 2.32 bits per heavy atom. The maximum Gasteiger partial charge on any atom is 0.394 e. The number of benzene rings is 2. The molecule has 2 heterocycles. The zero-order valence-corrected chi connectivity index (χ0v) is 21.8. The molecule has 0 bridgehead atoms. The number of carbonyl (C=O) groups excluding carboxylic acids is 2. The van der Waals surface area contributed by atoms with Crippen LogP contribution in [-0.2, 0) is 19.2 Å². The molecule has 2 aromatic carbocycles. The van der Waals surface area contributed by atoms with Crippen LogP contribution in [0.3, 0.4) is 0 Å². The first-order valence-electron chi connectivity index (χ1n) is 11.6. The number of aliphatic carboxylic acids is 1. The van der Waals surface area contributed by atoms with Crippen molar-refractivity contribution in [3.05, 3.63) is 75.2 Å². The zero-order valence-electron chi connectivity index (χ0n) is 19.6. The maximum atomic E-state index is 13.5. The number of carboxylic acid groups (broad SMARTS) is 1.